The second kappa shape index (κ2) is 4.57. The molecule has 17 heavy (non-hydrogen) atoms. The molecular formula is C11H15N3O3. The summed E-state index contributed by atoms with van der Waals surface area (Å²) in [5.74, 6) is -0.872. The Labute approximate surface area is 98.7 Å². The van der Waals surface area contributed by atoms with Gasteiger partial charge in [0.25, 0.3) is 0 Å². The van der Waals surface area contributed by atoms with Crippen molar-refractivity contribution in [2.75, 3.05) is 11.4 Å². The fourth-order valence-corrected chi connectivity index (χ4v) is 2.35. The molecule has 0 saturated carbocycles. The summed E-state index contributed by atoms with van der Waals surface area (Å²) in [6.45, 7) is 2.30. The van der Waals surface area contributed by atoms with E-state index in [2.05, 4.69) is 9.97 Å². The van der Waals surface area contributed by atoms with Gasteiger partial charge in [-0.1, -0.05) is 6.92 Å². The van der Waals surface area contributed by atoms with Gasteiger partial charge in [0.2, 0.25) is 5.95 Å². The Morgan fingerprint density at radius 3 is 2.94 bits per heavy atom. The van der Waals surface area contributed by atoms with Gasteiger partial charge in [-0.15, -0.1) is 0 Å². The van der Waals surface area contributed by atoms with Gasteiger partial charge in [0.1, 0.15) is 11.8 Å². The lowest BCUT2D eigenvalue weighted by Gasteiger charge is -2.23. The van der Waals surface area contributed by atoms with Gasteiger partial charge >= 0.3 is 5.97 Å². The zero-order chi connectivity index (χ0) is 12.4. The number of rotatable bonds is 4. The quantitative estimate of drug-likeness (QED) is 0.803. The summed E-state index contributed by atoms with van der Waals surface area (Å²) in [6, 6.07) is -0.798. The van der Waals surface area contributed by atoms with E-state index in [-0.39, 0.29) is 5.78 Å². The van der Waals surface area contributed by atoms with Gasteiger partial charge < -0.3 is 15.0 Å². The number of hydrogen-bond acceptors (Lipinski definition) is 4. The van der Waals surface area contributed by atoms with Crippen LogP contribution in [-0.2, 0) is 9.59 Å². The van der Waals surface area contributed by atoms with E-state index in [1.54, 1.807) is 24.2 Å². The molecule has 2 N–H and O–H groups in total. The lowest BCUT2D eigenvalue weighted by atomic mass is 9.94. The topological polar surface area (TPSA) is 86.3 Å². The van der Waals surface area contributed by atoms with Crippen LogP contribution in [0, 0.1) is 5.92 Å². The largest absolute Gasteiger partial charge is 0.480 e. The normalized spacial score (nSPS) is 23.9. The second-order valence-corrected chi connectivity index (χ2v) is 4.10. The van der Waals surface area contributed by atoms with E-state index in [1.807, 2.05) is 0 Å². The van der Waals surface area contributed by atoms with Crippen LogP contribution in [0.4, 0.5) is 5.95 Å². The molecule has 1 aromatic heterocycles. The Morgan fingerprint density at radius 1 is 1.65 bits per heavy atom. The summed E-state index contributed by atoms with van der Waals surface area (Å²) in [7, 11) is 0. The lowest BCUT2D eigenvalue weighted by Crippen LogP contribution is -2.42. The molecule has 0 aromatic carbocycles. The van der Waals surface area contributed by atoms with Gasteiger partial charge in [-0.2, -0.15) is 0 Å². The molecule has 2 heterocycles. The number of imidazole rings is 1. The number of carboxylic acids is 1. The first kappa shape index (κ1) is 11.6. The number of anilines is 1. The average molecular weight is 237 g/mol. The molecule has 2 atom stereocenters. The van der Waals surface area contributed by atoms with Crippen molar-refractivity contribution in [3.05, 3.63) is 12.4 Å². The molecule has 1 aliphatic heterocycles. The number of carbonyl (C=O) groups excluding carboxylic acids is 1. The van der Waals surface area contributed by atoms with Crippen LogP contribution in [0.2, 0.25) is 0 Å². The van der Waals surface area contributed by atoms with Gasteiger partial charge in [-0.05, 0) is 6.42 Å². The van der Waals surface area contributed by atoms with E-state index in [4.69, 9.17) is 0 Å². The molecule has 1 saturated heterocycles. The average Bonchev–Trinajstić information content (AvgIpc) is 2.95. The van der Waals surface area contributed by atoms with E-state index in [0.29, 0.717) is 25.3 Å². The number of aliphatic carboxylic acids is 1. The molecule has 1 aliphatic rings. The molecular weight excluding hydrogens is 222 g/mol. The van der Waals surface area contributed by atoms with Crippen LogP contribution in [0.3, 0.4) is 0 Å². The van der Waals surface area contributed by atoms with Gasteiger partial charge in [-0.3, -0.25) is 4.79 Å². The monoisotopic (exact) mass is 237 g/mol. The van der Waals surface area contributed by atoms with Gasteiger partial charge in [0.15, 0.2) is 0 Å². The molecule has 92 valence electrons. The molecule has 1 aromatic rings. The molecule has 0 spiro atoms. The van der Waals surface area contributed by atoms with Gasteiger partial charge in [0.05, 0.1) is 5.92 Å². The Morgan fingerprint density at radius 2 is 2.41 bits per heavy atom. The fourth-order valence-electron chi connectivity index (χ4n) is 2.35. The molecule has 0 amide bonds. The van der Waals surface area contributed by atoms with E-state index in [9.17, 15) is 14.7 Å². The van der Waals surface area contributed by atoms with Crippen molar-refractivity contribution in [3.63, 3.8) is 0 Å². The van der Waals surface area contributed by atoms with Gasteiger partial charge in [0, 0.05) is 25.4 Å². The number of hydrogen-bond donors (Lipinski definition) is 2. The number of nitrogens with zero attached hydrogens (tertiary/aromatic N) is 2. The van der Waals surface area contributed by atoms with E-state index >= 15 is 0 Å². The zero-order valence-corrected chi connectivity index (χ0v) is 9.59. The highest BCUT2D eigenvalue weighted by Crippen LogP contribution is 2.29. The van der Waals surface area contributed by atoms with Crippen LogP contribution in [0.15, 0.2) is 12.4 Å². The lowest BCUT2D eigenvalue weighted by molar-refractivity contribution is -0.141. The second-order valence-electron chi connectivity index (χ2n) is 4.10. The number of aromatic nitrogens is 2. The van der Waals surface area contributed by atoms with Crippen LogP contribution >= 0.6 is 0 Å². The van der Waals surface area contributed by atoms with Crippen LogP contribution in [0.1, 0.15) is 19.8 Å². The summed E-state index contributed by atoms with van der Waals surface area (Å²) < 4.78 is 0. The van der Waals surface area contributed by atoms with Crippen LogP contribution in [-0.4, -0.2) is 39.4 Å². The van der Waals surface area contributed by atoms with Crippen molar-refractivity contribution in [2.45, 2.75) is 25.8 Å². The number of Topliss-reactive ketones (excluding diaryl/α,β-unsaturated/α-hetero) is 1. The SMILES string of the molecule is CCC(=O)C1CCN(c2ncc[nH]2)[C@@H]1C(=O)O. The number of H-pyrrole nitrogens is 1. The first-order chi connectivity index (χ1) is 8.15. The molecule has 0 bridgehead atoms. The van der Waals surface area contributed by atoms with Crippen molar-refractivity contribution in [2.24, 2.45) is 5.92 Å². The van der Waals surface area contributed by atoms with Crippen LogP contribution in [0.25, 0.3) is 0 Å². The maximum absolute atomic E-state index is 11.7. The predicted molar refractivity (Wildman–Crippen MR) is 60.8 cm³/mol. The van der Waals surface area contributed by atoms with Crippen molar-refractivity contribution >= 4 is 17.7 Å². The Hall–Kier alpha value is -1.85. The minimum atomic E-state index is -0.967. The van der Waals surface area contributed by atoms with E-state index in [1.165, 1.54) is 0 Å². The highest BCUT2D eigenvalue weighted by Gasteiger charge is 2.43. The summed E-state index contributed by atoms with van der Waals surface area (Å²) in [4.78, 5) is 31.6. The smallest absolute Gasteiger partial charge is 0.327 e. The summed E-state index contributed by atoms with van der Waals surface area (Å²) in [6.07, 6.45) is 4.16. The van der Waals surface area contributed by atoms with Gasteiger partial charge in [-0.25, -0.2) is 9.78 Å². The third-order valence-corrected chi connectivity index (χ3v) is 3.17. The molecule has 6 nitrogen and oxygen atoms in total. The Kier molecular flexibility index (Phi) is 3.12. The number of carboxylic acid groups (broad SMARTS) is 1. The first-order valence-electron chi connectivity index (χ1n) is 5.66. The van der Waals surface area contributed by atoms with E-state index in [0.717, 1.165) is 0 Å². The van der Waals surface area contributed by atoms with Crippen molar-refractivity contribution in [1.82, 2.24) is 9.97 Å². The Balaban J connectivity index is 2.25. The molecule has 2 rings (SSSR count). The molecule has 6 heteroatoms. The molecule has 1 fully saturated rings. The number of carbonyl (C=O) groups is 2. The van der Waals surface area contributed by atoms with Crippen molar-refractivity contribution < 1.29 is 14.7 Å². The summed E-state index contributed by atoms with van der Waals surface area (Å²) in [5.41, 5.74) is 0. The maximum Gasteiger partial charge on any atom is 0.327 e. The van der Waals surface area contributed by atoms with Crippen LogP contribution in [0.5, 0.6) is 0 Å². The first-order valence-corrected chi connectivity index (χ1v) is 5.66. The van der Waals surface area contributed by atoms with E-state index < -0.39 is 17.9 Å². The minimum Gasteiger partial charge on any atom is -0.480 e. The zero-order valence-electron chi connectivity index (χ0n) is 9.59. The van der Waals surface area contributed by atoms with Crippen LogP contribution < -0.4 is 4.90 Å². The molecule has 1 unspecified atom stereocenters. The molecule has 0 aliphatic carbocycles. The predicted octanol–water partition coefficient (Wildman–Crippen LogP) is 0.668. The summed E-state index contributed by atoms with van der Waals surface area (Å²) in [5, 5.41) is 9.26. The summed E-state index contributed by atoms with van der Waals surface area (Å²) >= 11 is 0. The minimum absolute atomic E-state index is 0.00598. The third-order valence-electron chi connectivity index (χ3n) is 3.17. The third kappa shape index (κ3) is 2.02. The standard InChI is InChI=1S/C11H15N3O3/c1-2-8(15)7-3-6-14(9(7)10(16)17)11-12-4-5-13-11/h4-5,7,9H,2-3,6H2,1H3,(H,12,13)(H,16,17)/t7?,9-/m0/s1. The highest BCUT2D eigenvalue weighted by atomic mass is 16.4. The maximum atomic E-state index is 11.7. The Bertz CT molecular complexity index is 416. The van der Waals surface area contributed by atoms with Crippen molar-refractivity contribution in [1.29, 1.82) is 0 Å². The van der Waals surface area contributed by atoms with Crippen molar-refractivity contribution in [3.8, 4) is 0 Å². The number of ketones is 1. The number of aromatic amines is 1. The fraction of sp³-hybridized carbons (Fsp3) is 0.545. The highest BCUT2D eigenvalue weighted by molar-refractivity contribution is 5.90. The number of nitrogens with one attached hydrogen (secondary N) is 1. The molecule has 0 radical (unpaired) electrons.